The number of nitrogens with zero attached hydrogens (tertiary/aromatic N) is 2. The number of pyridine rings is 2. The predicted octanol–water partition coefficient (Wildman–Crippen LogP) is 5.10. The summed E-state index contributed by atoms with van der Waals surface area (Å²) in [4.78, 5) is 8.73. The van der Waals surface area contributed by atoms with Gasteiger partial charge in [0.05, 0.1) is 6.04 Å². The molecule has 29 heavy (non-hydrogen) atoms. The summed E-state index contributed by atoms with van der Waals surface area (Å²) in [6.45, 7) is 4.12. The Hall–Kier alpha value is -3.86. The van der Waals surface area contributed by atoms with Crippen molar-refractivity contribution >= 4 is 16.7 Å². The molecule has 0 saturated carbocycles. The van der Waals surface area contributed by atoms with Crippen molar-refractivity contribution in [2.75, 3.05) is 11.9 Å². The number of benzene rings is 2. The number of phenolic OH excluding ortho intramolecular Hbond substituents is 1. The molecule has 5 nitrogen and oxygen atoms in total. The lowest BCUT2D eigenvalue weighted by Crippen LogP contribution is -2.14. The Morgan fingerprint density at radius 3 is 2.72 bits per heavy atom. The van der Waals surface area contributed by atoms with Crippen LogP contribution in [-0.4, -0.2) is 21.7 Å². The van der Waals surface area contributed by atoms with Gasteiger partial charge in [-0.15, -0.1) is 0 Å². The molecule has 0 saturated heterocycles. The standard InChI is InChI=1S/C24H21N3O2/c1-2-15-29-19-9-5-7-18(16-19)22(27-21-10-3-4-13-25-21)20-12-11-17-8-6-14-26-23(17)24(20)28/h2-14,16,22,28H,1,15H2,(H,25,27). The van der Waals surface area contributed by atoms with Gasteiger partial charge in [0, 0.05) is 23.3 Å². The van der Waals surface area contributed by atoms with Crippen molar-refractivity contribution in [2.45, 2.75) is 6.04 Å². The van der Waals surface area contributed by atoms with Crippen LogP contribution in [0.15, 0.2) is 91.8 Å². The predicted molar refractivity (Wildman–Crippen MR) is 115 cm³/mol. The zero-order chi connectivity index (χ0) is 20.1. The molecule has 0 spiro atoms. The summed E-state index contributed by atoms with van der Waals surface area (Å²) in [5.74, 6) is 1.58. The van der Waals surface area contributed by atoms with Crippen LogP contribution in [0.25, 0.3) is 10.9 Å². The molecule has 0 fully saturated rings. The van der Waals surface area contributed by atoms with Crippen molar-refractivity contribution in [3.8, 4) is 11.5 Å². The van der Waals surface area contributed by atoms with Crippen LogP contribution in [0.4, 0.5) is 5.82 Å². The van der Waals surface area contributed by atoms with E-state index >= 15 is 0 Å². The van der Waals surface area contributed by atoms with Crippen molar-refractivity contribution < 1.29 is 9.84 Å². The minimum atomic E-state index is -0.344. The topological polar surface area (TPSA) is 67.3 Å². The van der Waals surface area contributed by atoms with E-state index in [1.54, 1.807) is 18.5 Å². The van der Waals surface area contributed by atoms with Gasteiger partial charge in [0.15, 0.2) is 0 Å². The second-order valence-electron chi connectivity index (χ2n) is 6.54. The maximum Gasteiger partial charge on any atom is 0.147 e. The first-order valence-corrected chi connectivity index (χ1v) is 9.34. The zero-order valence-electron chi connectivity index (χ0n) is 15.8. The Morgan fingerprint density at radius 1 is 1.00 bits per heavy atom. The number of rotatable bonds is 7. The van der Waals surface area contributed by atoms with Gasteiger partial charge in [-0.3, -0.25) is 4.98 Å². The molecule has 1 atom stereocenters. The highest BCUT2D eigenvalue weighted by Crippen LogP contribution is 2.37. The maximum absolute atomic E-state index is 11.0. The second kappa shape index (κ2) is 8.44. The van der Waals surface area contributed by atoms with Gasteiger partial charge in [-0.05, 0) is 35.9 Å². The summed E-state index contributed by atoms with van der Waals surface area (Å²) >= 11 is 0. The Kier molecular flexibility index (Phi) is 5.38. The molecule has 5 heteroatoms. The van der Waals surface area contributed by atoms with E-state index in [1.807, 2.05) is 66.7 Å². The molecular weight excluding hydrogens is 362 g/mol. The van der Waals surface area contributed by atoms with Crippen molar-refractivity contribution in [1.82, 2.24) is 9.97 Å². The van der Waals surface area contributed by atoms with Crippen LogP contribution in [0.1, 0.15) is 17.2 Å². The van der Waals surface area contributed by atoms with Crippen LogP contribution in [0.2, 0.25) is 0 Å². The molecule has 0 bridgehead atoms. The lowest BCUT2D eigenvalue weighted by Gasteiger charge is -2.22. The molecule has 0 radical (unpaired) electrons. The molecule has 144 valence electrons. The summed E-state index contributed by atoms with van der Waals surface area (Å²) in [6.07, 6.45) is 5.11. The van der Waals surface area contributed by atoms with Gasteiger partial charge in [0.1, 0.15) is 29.4 Å². The van der Waals surface area contributed by atoms with Crippen LogP contribution in [0.5, 0.6) is 11.5 Å². The minimum Gasteiger partial charge on any atom is -0.505 e. The van der Waals surface area contributed by atoms with Gasteiger partial charge >= 0.3 is 0 Å². The number of hydrogen-bond donors (Lipinski definition) is 2. The fourth-order valence-electron chi connectivity index (χ4n) is 3.25. The van der Waals surface area contributed by atoms with Crippen molar-refractivity contribution in [3.63, 3.8) is 0 Å². The maximum atomic E-state index is 11.0. The minimum absolute atomic E-state index is 0.147. The number of hydrogen-bond acceptors (Lipinski definition) is 5. The van der Waals surface area contributed by atoms with E-state index in [0.29, 0.717) is 23.5 Å². The fraction of sp³-hybridized carbons (Fsp3) is 0.0833. The third-order valence-electron chi connectivity index (χ3n) is 4.61. The van der Waals surface area contributed by atoms with E-state index in [1.165, 1.54) is 0 Å². The number of aromatic hydroxyl groups is 1. The first kappa shape index (κ1) is 18.5. The SMILES string of the molecule is C=CCOc1cccc(C(Nc2ccccn2)c2ccc3cccnc3c2O)c1. The highest BCUT2D eigenvalue weighted by Gasteiger charge is 2.21. The molecule has 4 aromatic rings. The molecule has 0 aliphatic heterocycles. The van der Waals surface area contributed by atoms with Crippen LogP contribution in [-0.2, 0) is 0 Å². The fourth-order valence-corrected chi connectivity index (χ4v) is 3.25. The molecule has 1 unspecified atom stereocenters. The Balaban J connectivity index is 1.81. The summed E-state index contributed by atoms with van der Waals surface area (Å²) in [5, 5.41) is 15.3. The number of aromatic nitrogens is 2. The smallest absolute Gasteiger partial charge is 0.147 e. The quantitative estimate of drug-likeness (QED) is 0.435. The third-order valence-corrected chi connectivity index (χ3v) is 4.61. The average molecular weight is 383 g/mol. The Labute approximate surface area is 169 Å². The molecule has 0 aliphatic carbocycles. The second-order valence-corrected chi connectivity index (χ2v) is 6.54. The number of anilines is 1. The monoisotopic (exact) mass is 383 g/mol. The van der Waals surface area contributed by atoms with E-state index in [0.717, 1.165) is 16.7 Å². The van der Waals surface area contributed by atoms with E-state index in [9.17, 15) is 5.11 Å². The van der Waals surface area contributed by atoms with E-state index < -0.39 is 0 Å². The van der Waals surface area contributed by atoms with Crippen LogP contribution >= 0.6 is 0 Å². The molecule has 0 amide bonds. The number of nitrogens with one attached hydrogen (secondary N) is 1. The van der Waals surface area contributed by atoms with Crippen molar-refractivity contribution in [1.29, 1.82) is 0 Å². The highest BCUT2D eigenvalue weighted by atomic mass is 16.5. The van der Waals surface area contributed by atoms with Gasteiger partial charge < -0.3 is 15.2 Å². The Morgan fingerprint density at radius 2 is 1.90 bits per heavy atom. The Bertz CT molecular complexity index is 1130. The summed E-state index contributed by atoms with van der Waals surface area (Å²) in [6, 6.07) is 20.7. The molecule has 2 aromatic carbocycles. The van der Waals surface area contributed by atoms with E-state index in [2.05, 4.69) is 21.9 Å². The normalized spacial score (nSPS) is 11.7. The van der Waals surface area contributed by atoms with Gasteiger partial charge in [-0.25, -0.2) is 4.98 Å². The highest BCUT2D eigenvalue weighted by molar-refractivity contribution is 5.86. The lowest BCUT2D eigenvalue weighted by atomic mass is 9.96. The number of ether oxygens (including phenoxy) is 1. The van der Waals surface area contributed by atoms with Gasteiger partial charge in [-0.1, -0.05) is 49.1 Å². The first-order chi connectivity index (χ1) is 14.3. The van der Waals surface area contributed by atoms with Crippen LogP contribution in [0.3, 0.4) is 0 Å². The molecular formula is C24H21N3O2. The van der Waals surface area contributed by atoms with Gasteiger partial charge in [0.25, 0.3) is 0 Å². The number of phenols is 1. The third kappa shape index (κ3) is 4.04. The molecule has 2 heterocycles. The zero-order valence-corrected chi connectivity index (χ0v) is 15.8. The molecule has 2 aromatic heterocycles. The number of fused-ring (bicyclic) bond motifs is 1. The summed E-state index contributed by atoms with van der Waals surface area (Å²) in [7, 11) is 0. The molecule has 2 N–H and O–H groups in total. The molecule has 4 rings (SSSR count). The van der Waals surface area contributed by atoms with Gasteiger partial charge in [-0.2, -0.15) is 0 Å². The van der Waals surface area contributed by atoms with Crippen LogP contribution < -0.4 is 10.1 Å². The summed E-state index contributed by atoms with van der Waals surface area (Å²) in [5.41, 5.74) is 2.21. The van der Waals surface area contributed by atoms with Crippen molar-refractivity contribution in [2.24, 2.45) is 0 Å². The van der Waals surface area contributed by atoms with Crippen molar-refractivity contribution in [3.05, 3.63) is 103 Å². The average Bonchev–Trinajstić information content (AvgIpc) is 2.78. The lowest BCUT2D eigenvalue weighted by molar-refractivity contribution is 0.362. The van der Waals surface area contributed by atoms with Crippen LogP contribution in [0, 0.1) is 0 Å². The van der Waals surface area contributed by atoms with E-state index in [4.69, 9.17) is 4.74 Å². The van der Waals surface area contributed by atoms with E-state index in [-0.39, 0.29) is 11.8 Å². The molecule has 0 aliphatic rings. The van der Waals surface area contributed by atoms with Gasteiger partial charge in [0.2, 0.25) is 0 Å². The first-order valence-electron chi connectivity index (χ1n) is 9.34. The summed E-state index contributed by atoms with van der Waals surface area (Å²) < 4.78 is 5.70. The largest absolute Gasteiger partial charge is 0.505 e.